The summed E-state index contributed by atoms with van der Waals surface area (Å²) in [4.78, 5) is 9.39. The maximum atomic E-state index is 4.43. The van der Waals surface area contributed by atoms with Gasteiger partial charge in [-0.1, -0.05) is 54.6 Å². The van der Waals surface area contributed by atoms with Gasteiger partial charge in [0.05, 0.1) is 0 Å². The van der Waals surface area contributed by atoms with E-state index in [-0.39, 0.29) is 0 Å². The number of nitrogens with zero attached hydrogens (tertiary/aromatic N) is 3. The second-order valence-corrected chi connectivity index (χ2v) is 8.11. The number of benzene rings is 2. The van der Waals surface area contributed by atoms with Crippen molar-refractivity contribution >= 4 is 11.6 Å². The van der Waals surface area contributed by atoms with Crippen LogP contribution in [0.25, 0.3) is 0 Å². The van der Waals surface area contributed by atoms with Crippen molar-refractivity contribution in [1.82, 2.24) is 15.5 Å². The molecule has 0 amide bonds. The highest BCUT2D eigenvalue weighted by Gasteiger charge is 2.24. The first kappa shape index (κ1) is 20.5. The molecule has 0 aliphatic carbocycles. The van der Waals surface area contributed by atoms with Crippen LogP contribution in [0.4, 0.5) is 5.69 Å². The van der Waals surface area contributed by atoms with Crippen LogP contribution in [0.5, 0.6) is 0 Å². The van der Waals surface area contributed by atoms with Gasteiger partial charge in [0.15, 0.2) is 5.96 Å². The van der Waals surface area contributed by atoms with Gasteiger partial charge in [-0.2, -0.15) is 0 Å². The van der Waals surface area contributed by atoms with Crippen molar-refractivity contribution in [3.05, 3.63) is 77.9 Å². The molecule has 2 aromatic rings. The molecule has 1 saturated heterocycles. The highest BCUT2D eigenvalue weighted by atomic mass is 15.2. The minimum atomic E-state index is 0.551. The molecule has 0 radical (unpaired) electrons. The van der Waals surface area contributed by atoms with E-state index in [1.54, 1.807) is 0 Å². The highest BCUT2D eigenvalue weighted by molar-refractivity contribution is 5.79. The standard InChI is InChI=1S/C25H33N5/c1-26-25(27-18-22-11-7-12-23(17-22)29-14-5-6-15-29)28-19-24-13-8-16-30(24)20-21-9-3-2-4-10-21/h2-7,9-12,17,24H,8,13-16,18-20H2,1H3,(H2,26,27,28). The van der Waals surface area contributed by atoms with Crippen molar-refractivity contribution < 1.29 is 0 Å². The highest BCUT2D eigenvalue weighted by Crippen LogP contribution is 2.20. The van der Waals surface area contributed by atoms with Gasteiger partial charge in [0.25, 0.3) is 0 Å². The molecule has 30 heavy (non-hydrogen) atoms. The van der Waals surface area contributed by atoms with E-state index in [1.807, 2.05) is 7.05 Å². The predicted octanol–water partition coefficient (Wildman–Crippen LogP) is 3.39. The van der Waals surface area contributed by atoms with Crippen molar-refractivity contribution in [2.45, 2.75) is 32.0 Å². The Morgan fingerprint density at radius 2 is 1.80 bits per heavy atom. The van der Waals surface area contributed by atoms with E-state index in [4.69, 9.17) is 0 Å². The van der Waals surface area contributed by atoms with Crippen molar-refractivity contribution in [3.63, 3.8) is 0 Å². The van der Waals surface area contributed by atoms with Crippen LogP contribution < -0.4 is 15.5 Å². The van der Waals surface area contributed by atoms with Crippen LogP contribution in [-0.2, 0) is 13.1 Å². The van der Waals surface area contributed by atoms with Crippen LogP contribution in [0.2, 0.25) is 0 Å². The Kier molecular flexibility index (Phi) is 7.03. The lowest BCUT2D eigenvalue weighted by atomic mass is 10.2. The Morgan fingerprint density at radius 1 is 1.00 bits per heavy atom. The van der Waals surface area contributed by atoms with E-state index in [9.17, 15) is 0 Å². The Bertz CT molecular complexity index is 853. The van der Waals surface area contributed by atoms with Crippen LogP contribution in [0.1, 0.15) is 24.0 Å². The summed E-state index contributed by atoms with van der Waals surface area (Å²) in [6.45, 7) is 5.89. The number of guanidine groups is 1. The molecule has 5 heteroatoms. The minimum absolute atomic E-state index is 0.551. The lowest BCUT2D eigenvalue weighted by Gasteiger charge is -2.25. The molecule has 2 heterocycles. The van der Waals surface area contributed by atoms with Crippen LogP contribution in [0.3, 0.4) is 0 Å². The van der Waals surface area contributed by atoms with Crippen molar-refractivity contribution in [2.24, 2.45) is 4.99 Å². The van der Waals surface area contributed by atoms with Crippen molar-refractivity contribution in [3.8, 4) is 0 Å². The molecule has 4 rings (SSSR count). The summed E-state index contributed by atoms with van der Waals surface area (Å²) in [7, 11) is 1.85. The van der Waals surface area contributed by atoms with Gasteiger partial charge in [-0.25, -0.2) is 0 Å². The van der Waals surface area contributed by atoms with Gasteiger partial charge in [-0.05, 0) is 42.6 Å². The molecule has 2 aliphatic heterocycles. The number of aliphatic imine (C=N–C) groups is 1. The van der Waals surface area contributed by atoms with Gasteiger partial charge < -0.3 is 15.5 Å². The monoisotopic (exact) mass is 403 g/mol. The van der Waals surface area contributed by atoms with E-state index in [1.165, 1.54) is 36.2 Å². The molecule has 5 nitrogen and oxygen atoms in total. The smallest absolute Gasteiger partial charge is 0.191 e. The summed E-state index contributed by atoms with van der Waals surface area (Å²) in [5.41, 5.74) is 3.94. The van der Waals surface area contributed by atoms with Crippen molar-refractivity contribution in [2.75, 3.05) is 38.1 Å². The molecule has 0 aromatic heterocycles. The first-order chi connectivity index (χ1) is 14.8. The fourth-order valence-electron chi connectivity index (χ4n) is 4.33. The molecule has 1 atom stereocenters. The third-order valence-electron chi connectivity index (χ3n) is 6.01. The maximum Gasteiger partial charge on any atom is 0.191 e. The fraction of sp³-hybridized carbons (Fsp3) is 0.400. The Balaban J connectivity index is 1.26. The van der Waals surface area contributed by atoms with Crippen LogP contribution >= 0.6 is 0 Å². The lowest BCUT2D eigenvalue weighted by molar-refractivity contribution is 0.245. The average Bonchev–Trinajstić information content (AvgIpc) is 3.47. The number of hydrogen-bond donors (Lipinski definition) is 2. The topological polar surface area (TPSA) is 42.9 Å². The lowest BCUT2D eigenvalue weighted by Crippen LogP contribution is -2.44. The summed E-state index contributed by atoms with van der Waals surface area (Å²) in [6.07, 6.45) is 6.95. The summed E-state index contributed by atoms with van der Waals surface area (Å²) in [5.74, 6) is 0.870. The van der Waals surface area contributed by atoms with Gasteiger partial charge >= 0.3 is 0 Å². The summed E-state index contributed by atoms with van der Waals surface area (Å²) >= 11 is 0. The van der Waals surface area contributed by atoms with E-state index in [0.29, 0.717) is 6.04 Å². The normalized spacial score (nSPS) is 19.4. The quantitative estimate of drug-likeness (QED) is 0.423. The van der Waals surface area contributed by atoms with E-state index >= 15 is 0 Å². The molecule has 0 spiro atoms. The average molecular weight is 404 g/mol. The maximum absolute atomic E-state index is 4.43. The van der Waals surface area contributed by atoms with Gasteiger partial charge in [-0.15, -0.1) is 0 Å². The molecule has 0 bridgehead atoms. The van der Waals surface area contributed by atoms with Gasteiger partial charge in [0, 0.05) is 51.5 Å². The molecule has 1 fully saturated rings. The zero-order valence-electron chi connectivity index (χ0n) is 17.9. The second kappa shape index (κ2) is 10.3. The first-order valence-electron chi connectivity index (χ1n) is 11.0. The number of anilines is 1. The molecule has 2 aromatic carbocycles. The largest absolute Gasteiger partial charge is 0.364 e. The number of nitrogens with one attached hydrogen (secondary N) is 2. The Labute approximate surface area is 180 Å². The summed E-state index contributed by atoms with van der Waals surface area (Å²) in [6, 6.07) is 20.1. The Morgan fingerprint density at radius 3 is 2.60 bits per heavy atom. The zero-order chi connectivity index (χ0) is 20.6. The SMILES string of the molecule is CN=C(NCc1cccc(N2CC=CC2)c1)NCC1CCCN1Cc1ccccc1. The molecule has 1 unspecified atom stereocenters. The predicted molar refractivity (Wildman–Crippen MR) is 126 cm³/mol. The minimum Gasteiger partial charge on any atom is -0.364 e. The third kappa shape index (κ3) is 5.42. The van der Waals surface area contributed by atoms with Crippen LogP contribution in [0.15, 0.2) is 71.7 Å². The molecule has 2 aliphatic rings. The van der Waals surface area contributed by atoms with E-state index < -0.39 is 0 Å². The van der Waals surface area contributed by atoms with E-state index in [0.717, 1.165) is 38.7 Å². The van der Waals surface area contributed by atoms with Gasteiger partial charge in [0.2, 0.25) is 0 Å². The third-order valence-corrected chi connectivity index (χ3v) is 6.01. The van der Waals surface area contributed by atoms with E-state index in [2.05, 4.69) is 92.2 Å². The summed E-state index contributed by atoms with van der Waals surface area (Å²) in [5, 5.41) is 7.02. The van der Waals surface area contributed by atoms with Crippen LogP contribution in [-0.4, -0.2) is 50.1 Å². The molecule has 2 N–H and O–H groups in total. The molecular weight excluding hydrogens is 370 g/mol. The number of rotatable bonds is 7. The molecular formula is C25H33N5. The van der Waals surface area contributed by atoms with Gasteiger partial charge in [0.1, 0.15) is 0 Å². The summed E-state index contributed by atoms with van der Waals surface area (Å²) < 4.78 is 0. The first-order valence-corrected chi connectivity index (χ1v) is 11.0. The van der Waals surface area contributed by atoms with Crippen molar-refractivity contribution in [1.29, 1.82) is 0 Å². The zero-order valence-corrected chi connectivity index (χ0v) is 17.9. The number of hydrogen-bond acceptors (Lipinski definition) is 3. The Hall–Kier alpha value is -2.79. The number of likely N-dealkylation sites (tertiary alicyclic amines) is 1. The molecule has 0 saturated carbocycles. The molecule has 158 valence electrons. The van der Waals surface area contributed by atoms with Gasteiger partial charge in [-0.3, -0.25) is 9.89 Å². The van der Waals surface area contributed by atoms with Crippen LogP contribution in [0, 0.1) is 0 Å². The fourth-order valence-corrected chi connectivity index (χ4v) is 4.33. The second-order valence-electron chi connectivity index (χ2n) is 8.11.